The van der Waals surface area contributed by atoms with Gasteiger partial charge in [0.25, 0.3) is 0 Å². The van der Waals surface area contributed by atoms with Gasteiger partial charge in [-0.3, -0.25) is 4.79 Å². The van der Waals surface area contributed by atoms with Crippen LogP contribution in [0, 0.1) is 5.92 Å². The van der Waals surface area contributed by atoms with E-state index in [1.54, 1.807) is 11.3 Å². The molecular formula is C12H18N2OS. The molecule has 1 amide bonds. The van der Waals surface area contributed by atoms with Crippen LogP contribution in [0.15, 0.2) is 16.8 Å². The summed E-state index contributed by atoms with van der Waals surface area (Å²) in [6.07, 6.45) is 3.57. The van der Waals surface area contributed by atoms with E-state index in [2.05, 4.69) is 27.5 Å². The molecule has 0 radical (unpaired) electrons. The molecule has 0 saturated heterocycles. The predicted molar refractivity (Wildman–Crippen MR) is 66.6 cm³/mol. The molecule has 1 aliphatic rings. The molecule has 2 rings (SSSR count). The normalized spacial score (nSPS) is 15.0. The zero-order valence-corrected chi connectivity index (χ0v) is 10.2. The highest BCUT2D eigenvalue weighted by Gasteiger charge is 2.21. The SMILES string of the molecule is O=C(CNCCc1ccsc1)NCC1CC1. The highest BCUT2D eigenvalue weighted by Crippen LogP contribution is 2.27. The zero-order chi connectivity index (χ0) is 11.2. The van der Waals surface area contributed by atoms with E-state index in [-0.39, 0.29) is 5.91 Å². The second-order valence-electron chi connectivity index (χ2n) is 4.31. The third-order valence-corrected chi connectivity index (χ3v) is 3.47. The Bertz CT molecular complexity index is 320. The van der Waals surface area contributed by atoms with Gasteiger partial charge in [0.2, 0.25) is 5.91 Å². The number of hydrogen-bond donors (Lipinski definition) is 2. The Kier molecular flexibility index (Phi) is 4.36. The summed E-state index contributed by atoms with van der Waals surface area (Å²) in [5.41, 5.74) is 1.34. The van der Waals surface area contributed by atoms with Crippen molar-refractivity contribution in [2.45, 2.75) is 19.3 Å². The van der Waals surface area contributed by atoms with Crippen molar-refractivity contribution in [3.8, 4) is 0 Å². The lowest BCUT2D eigenvalue weighted by molar-refractivity contribution is -0.120. The molecule has 0 aliphatic heterocycles. The molecule has 88 valence electrons. The molecule has 1 aliphatic carbocycles. The quantitative estimate of drug-likeness (QED) is 0.705. The van der Waals surface area contributed by atoms with Gasteiger partial charge in [-0.15, -0.1) is 0 Å². The molecule has 0 atom stereocenters. The average molecular weight is 238 g/mol. The van der Waals surface area contributed by atoms with Crippen molar-refractivity contribution in [1.29, 1.82) is 0 Å². The standard InChI is InChI=1S/C12H18N2OS/c15-12(14-7-10-1-2-10)8-13-5-3-11-4-6-16-9-11/h4,6,9-10,13H,1-3,5,7-8H2,(H,14,15). The van der Waals surface area contributed by atoms with Gasteiger partial charge in [-0.05, 0) is 54.1 Å². The van der Waals surface area contributed by atoms with E-state index < -0.39 is 0 Å². The second kappa shape index (κ2) is 6.01. The smallest absolute Gasteiger partial charge is 0.233 e. The maximum Gasteiger partial charge on any atom is 0.233 e. The van der Waals surface area contributed by atoms with Crippen molar-refractivity contribution in [2.24, 2.45) is 5.92 Å². The molecule has 0 aromatic carbocycles. The minimum atomic E-state index is 0.122. The summed E-state index contributed by atoms with van der Waals surface area (Å²) in [5, 5.41) is 10.3. The summed E-state index contributed by atoms with van der Waals surface area (Å²) in [5.74, 6) is 0.881. The summed E-state index contributed by atoms with van der Waals surface area (Å²) in [4.78, 5) is 11.4. The minimum Gasteiger partial charge on any atom is -0.355 e. The van der Waals surface area contributed by atoms with Crippen LogP contribution in [0.4, 0.5) is 0 Å². The first kappa shape index (κ1) is 11.6. The largest absolute Gasteiger partial charge is 0.355 e. The van der Waals surface area contributed by atoms with Gasteiger partial charge in [0.1, 0.15) is 0 Å². The first-order valence-electron chi connectivity index (χ1n) is 5.83. The van der Waals surface area contributed by atoms with Gasteiger partial charge in [-0.25, -0.2) is 0 Å². The number of amides is 1. The number of carbonyl (C=O) groups is 1. The lowest BCUT2D eigenvalue weighted by Crippen LogP contribution is -2.35. The third-order valence-electron chi connectivity index (χ3n) is 2.74. The topological polar surface area (TPSA) is 41.1 Å². The summed E-state index contributed by atoms with van der Waals surface area (Å²) >= 11 is 1.72. The van der Waals surface area contributed by atoms with Crippen molar-refractivity contribution in [2.75, 3.05) is 19.6 Å². The molecule has 0 unspecified atom stereocenters. The first-order valence-corrected chi connectivity index (χ1v) is 6.77. The van der Waals surface area contributed by atoms with Gasteiger partial charge in [0.05, 0.1) is 6.54 Å². The molecule has 2 N–H and O–H groups in total. The van der Waals surface area contributed by atoms with E-state index in [9.17, 15) is 4.79 Å². The molecule has 1 aromatic heterocycles. The Morgan fingerprint density at radius 3 is 3.06 bits per heavy atom. The van der Waals surface area contributed by atoms with Crippen molar-refractivity contribution in [1.82, 2.24) is 10.6 Å². The molecule has 1 saturated carbocycles. The van der Waals surface area contributed by atoms with E-state index >= 15 is 0 Å². The summed E-state index contributed by atoms with van der Waals surface area (Å²) in [7, 11) is 0. The molecule has 4 heteroatoms. The van der Waals surface area contributed by atoms with Gasteiger partial charge in [-0.2, -0.15) is 11.3 Å². The minimum absolute atomic E-state index is 0.122. The van der Waals surface area contributed by atoms with E-state index in [0.29, 0.717) is 6.54 Å². The Labute approximate surface area is 100 Å². The number of rotatable bonds is 7. The molecule has 1 fully saturated rings. The Hall–Kier alpha value is -0.870. The summed E-state index contributed by atoms with van der Waals surface area (Å²) in [6.45, 7) is 2.18. The van der Waals surface area contributed by atoms with Crippen molar-refractivity contribution in [3.63, 3.8) is 0 Å². The fraction of sp³-hybridized carbons (Fsp3) is 0.583. The van der Waals surface area contributed by atoms with Crippen LogP contribution in [-0.2, 0) is 11.2 Å². The lowest BCUT2D eigenvalue weighted by atomic mass is 10.2. The van der Waals surface area contributed by atoms with Crippen LogP contribution in [0.2, 0.25) is 0 Å². The molecule has 0 bridgehead atoms. The molecule has 0 spiro atoms. The Morgan fingerprint density at radius 1 is 1.50 bits per heavy atom. The fourth-order valence-corrected chi connectivity index (χ4v) is 2.22. The molecule has 16 heavy (non-hydrogen) atoms. The number of nitrogens with one attached hydrogen (secondary N) is 2. The fourth-order valence-electron chi connectivity index (χ4n) is 1.51. The van der Waals surface area contributed by atoms with Crippen LogP contribution >= 0.6 is 11.3 Å². The Morgan fingerprint density at radius 2 is 2.38 bits per heavy atom. The predicted octanol–water partition coefficient (Wildman–Crippen LogP) is 1.41. The number of thiophene rings is 1. The van der Waals surface area contributed by atoms with E-state index in [4.69, 9.17) is 0 Å². The molecular weight excluding hydrogens is 220 g/mol. The third kappa shape index (κ3) is 4.33. The van der Waals surface area contributed by atoms with Gasteiger partial charge in [-0.1, -0.05) is 0 Å². The highest BCUT2D eigenvalue weighted by atomic mass is 32.1. The van der Waals surface area contributed by atoms with E-state index in [0.717, 1.165) is 25.4 Å². The number of carbonyl (C=O) groups excluding carboxylic acids is 1. The van der Waals surface area contributed by atoms with Crippen LogP contribution in [0.25, 0.3) is 0 Å². The van der Waals surface area contributed by atoms with E-state index in [1.807, 2.05) is 0 Å². The van der Waals surface area contributed by atoms with Crippen LogP contribution < -0.4 is 10.6 Å². The van der Waals surface area contributed by atoms with E-state index in [1.165, 1.54) is 18.4 Å². The first-order chi connectivity index (χ1) is 7.84. The van der Waals surface area contributed by atoms with Crippen LogP contribution in [-0.4, -0.2) is 25.5 Å². The maximum absolute atomic E-state index is 11.4. The molecule has 3 nitrogen and oxygen atoms in total. The zero-order valence-electron chi connectivity index (χ0n) is 9.37. The van der Waals surface area contributed by atoms with Crippen LogP contribution in [0.3, 0.4) is 0 Å². The van der Waals surface area contributed by atoms with Gasteiger partial charge in [0.15, 0.2) is 0 Å². The Balaban J connectivity index is 1.48. The van der Waals surface area contributed by atoms with Crippen molar-refractivity contribution >= 4 is 17.2 Å². The summed E-state index contributed by atoms with van der Waals surface area (Å²) < 4.78 is 0. The lowest BCUT2D eigenvalue weighted by Gasteiger charge is -2.05. The second-order valence-corrected chi connectivity index (χ2v) is 5.09. The van der Waals surface area contributed by atoms with Gasteiger partial charge < -0.3 is 10.6 Å². The van der Waals surface area contributed by atoms with Crippen LogP contribution in [0.5, 0.6) is 0 Å². The van der Waals surface area contributed by atoms with Crippen molar-refractivity contribution < 1.29 is 4.79 Å². The maximum atomic E-state index is 11.4. The number of hydrogen-bond acceptors (Lipinski definition) is 3. The van der Waals surface area contributed by atoms with Gasteiger partial charge >= 0.3 is 0 Å². The highest BCUT2D eigenvalue weighted by molar-refractivity contribution is 7.07. The van der Waals surface area contributed by atoms with Crippen molar-refractivity contribution in [3.05, 3.63) is 22.4 Å². The molecule has 1 heterocycles. The summed E-state index contributed by atoms with van der Waals surface area (Å²) in [6, 6.07) is 2.12. The average Bonchev–Trinajstić information content (AvgIpc) is 2.97. The van der Waals surface area contributed by atoms with Gasteiger partial charge in [0, 0.05) is 6.54 Å². The van der Waals surface area contributed by atoms with Crippen LogP contribution in [0.1, 0.15) is 18.4 Å². The molecule has 1 aromatic rings. The monoisotopic (exact) mass is 238 g/mol.